The molecule has 0 bridgehead atoms. The summed E-state index contributed by atoms with van der Waals surface area (Å²) in [7, 11) is 0. The Morgan fingerprint density at radius 2 is 2.05 bits per heavy atom. The first-order valence-corrected chi connectivity index (χ1v) is 6.63. The molecular weight excluding hydrogens is 242 g/mol. The maximum absolute atomic E-state index is 11.9. The van der Waals surface area contributed by atoms with Crippen LogP contribution in [0.25, 0.3) is 0 Å². The smallest absolute Gasteiger partial charge is 0.410 e. The second-order valence-electron chi connectivity index (χ2n) is 4.94. The standard InChI is InChI=1S/C15H19NO3/c1-12(17)14-8-5-9-16(10-14)15(18)19-11-13-6-3-2-4-7-13/h2-4,6-7,14H,5,8-11H2,1H3/t14-/m0/s1. The minimum absolute atomic E-state index is 0.0296. The molecule has 0 aliphatic carbocycles. The molecule has 0 unspecified atom stereocenters. The molecule has 0 spiro atoms. The van der Waals surface area contributed by atoms with Gasteiger partial charge in [-0.1, -0.05) is 30.3 Å². The maximum atomic E-state index is 11.9. The monoisotopic (exact) mass is 261 g/mol. The number of nitrogens with zero attached hydrogens (tertiary/aromatic N) is 1. The second kappa shape index (κ2) is 6.36. The van der Waals surface area contributed by atoms with Crippen molar-refractivity contribution in [2.45, 2.75) is 26.4 Å². The van der Waals surface area contributed by atoms with Gasteiger partial charge in [-0.15, -0.1) is 0 Å². The van der Waals surface area contributed by atoms with Crippen LogP contribution >= 0.6 is 0 Å². The Morgan fingerprint density at radius 3 is 2.74 bits per heavy atom. The zero-order valence-corrected chi connectivity index (χ0v) is 11.2. The highest BCUT2D eigenvalue weighted by Crippen LogP contribution is 2.18. The highest BCUT2D eigenvalue weighted by atomic mass is 16.6. The summed E-state index contributed by atoms with van der Waals surface area (Å²) < 4.78 is 5.27. The summed E-state index contributed by atoms with van der Waals surface area (Å²) in [6.07, 6.45) is 1.41. The highest BCUT2D eigenvalue weighted by molar-refractivity contribution is 5.79. The van der Waals surface area contributed by atoms with Crippen molar-refractivity contribution in [3.63, 3.8) is 0 Å². The number of benzene rings is 1. The summed E-state index contributed by atoms with van der Waals surface area (Å²) in [5.74, 6) is 0.124. The van der Waals surface area contributed by atoms with Crippen LogP contribution in [0.1, 0.15) is 25.3 Å². The Balaban J connectivity index is 1.84. The zero-order valence-electron chi connectivity index (χ0n) is 11.2. The minimum atomic E-state index is -0.324. The number of ether oxygens (including phenoxy) is 1. The van der Waals surface area contributed by atoms with Crippen LogP contribution in [0.4, 0.5) is 4.79 Å². The first-order valence-electron chi connectivity index (χ1n) is 6.63. The molecule has 1 atom stereocenters. The van der Waals surface area contributed by atoms with E-state index in [2.05, 4.69) is 0 Å². The van der Waals surface area contributed by atoms with Crippen molar-refractivity contribution in [2.24, 2.45) is 5.92 Å². The average Bonchev–Trinajstić information content (AvgIpc) is 2.46. The van der Waals surface area contributed by atoms with Gasteiger partial charge in [0.15, 0.2) is 0 Å². The van der Waals surface area contributed by atoms with Crippen LogP contribution in [0.3, 0.4) is 0 Å². The summed E-state index contributed by atoms with van der Waals surface area (Å²) in [6.45, 7) is 3.03. The molecule has 1 aliphatic heterocycles. The first kappa shape index (κ1) is 13.6. The Kier molecular flexibility index (Phi) is 4.55. The molecule has 0 radical (unpaired) electrons. The number of Topliss-reactive ketones (excluding diaryl/α,β-unsaturated/α-hetero) is 1. The third kappa shape index (κ3) is 3.81. The summed E-state index contributed by atoms with van der Waals surface area (Å²) in [6, 6.07) is 9.59. The summed E-state index contributed by atoms with van der Waals surface area (Å²) in [4.78, 5) is 24.9. The third-order valence-corrected chi connectivity index (χ3v) is 3.46. The lowest BCUT2D eigenvalue weighted by molar-refractivity contribution is -0.122. The molecular formula is C15H19NO3. The van der Waals surface area contributed by atoms with E-state index in [0.717, 1.165) is 18.4 Å². The van der Waals surface area contributed by atoms with Gasteiger partial charge in [-0.3, -0.25) is 4.79 Å². The van der Waals surface area contributed by atoms with Crippen LogP contribution in [0.2, 0.25) is 0 Å². The summed E-state index contributed by atoms with van der Waals surface area (Å²) >= 11 is 0. The normalized spacial score (nSPS) is 19.0. The molecule has 0 aromatic heterocycles. The molecule has 2 rings (SSSR count). The number of amides is 1. The van der Waals surface area contributed by atoms with Crippen molar-refractivity contribution in [2.75, 3.05) is 13.1 Å². The fourth-order valence-electron chi connectivity index (χ4n) is 2.29. The molecule has 102 valence electrons. The van der Waals surface area contributed by atoms with Gasteiger partial charge < -0.3 is 9.64 Å². The van der Waals surface area contributed by atoms with Crippen molar-refractivity contribution >= 4 is 11.9 Å². The molecule has 4 nitrogen and oxygen atoms in total. The van der Waals surface area contributed by atoms with Crippen LogP contribution in [0, 0.1) is 5.92 Å². The van der Waals surface area contributed by atoms with E-state index in [1.54, 1.807) is 11.8 Å². The zero-order chi connectivity index (χ0) is 13.7. The van der Waals surface area contributed by atoms with Crippen molar-refractivity contribution < 1.29 is 14.3 Å². The SMILES string of the molecule is CC(=O)[C@H]1CCCN(C(=O)OCc2ccccc2)C1. The quantitative estimate of drug-likeness (QED) is 0.840. The van der Waals surface area contributed by atoms with Crippen molar-refractivity contribution in [3.05, 3.63) is 35.9 Å². The fourth-order valence-corrected chi connectivity index (χ4v) is 2.29. The Morgan fingerprint density at radius 1 is 1.32 bits per heavy atom. The van der Waals surface area contributed by atoms with Crippen LogP contribution in [0.5, 0.6) is 0 Å². The van der Waals surface area contributed by atoms with Crippen molar-refractivity contribution in [1.29, 1.82) is 0 Å². The van der Waals surface area contributed by atoms with Crippen LogP contribution < -0.4 is 0 Å². The fraction of sp³-hybridized carbons (Fsp3) is 0.467. The topological polar surface area (TPSA) is 46.6 Å². The van der Waals surface area contributed by atoms with E-state index in [9.17, 15) is 9.59 Å². The van der Waals surface area contributed by atoms with E-state index in [-0.39, 0.29) is 24.4 Å². The van der Waals surface area contributed by atoms with Crippen molar-refractivity contribution in [1.82, 2.24) is 4.90 Å². The van der Waals surface area contributed by atoms with Gasteiger partial charge in [-0.25, -0.2) is 4.79 Å². The number of carbonyl (C=O) groups excluding carboxylic acids is 2. The number of hydrogen-bond acceptors (Lipinski definition) is 3. The number of rotatable bonds is 3. The highest BCUT2D eigenvalue weighted by Gasteiger charge is 2.26. The van der Waals surface area contributed by atoms with Crippen LogP contribution in [-0.4, -0.2) is 29.9 Å². The number of ketones is 1. The molecule has 19 heavy (non-hydrogen) atoms. The minimum Gasteiger partial charge on any atom is -0.445 e. The molecule has 1 heterocycles. The van der Waals surface area contributed by atoms with Gasteiger partial charge in [0, 0.05) is 19.0 Å². The second-order valence-corrected chi connectivity index (χ2v) is 4.94. The predicted molar refractivity (Wildman–Crippen MR) is 71.6 cm³/mol. The molecule has 1 aromatic carbocycles. The molecule has 1 aliphatic rings. The number of carbonyl (C=O) groups is 2. The molecule has 0 saturated carbocycles. The van der Waals surface area contributed by atoms with Gasteiger partial charge >= 0.3 is 6.09 Å². The van der Waals surface area contributed by atoms with Gasteiger partial charge in [0.05, 0.1) is 0 Å². The lowest BCUT2D eigenvalue weighted by atomic mass is 9.95. The number of piperidine rings is 1. The van der Waals surface area contributed by atoms with Crippen molar-refractivity contribution in [3.8, 4) is 0 Å². The van der Waals surface area contributed by atoms with Gasteiger partial charge in [-0.05, 0) is 25.3 Å². The lowest BCUT2D eigenvalue weighted by Gasteiger charge is -2.30. The van der Waals surface area contributed by atoms with E-state index in [0.29, 0.717) is 13.1 Å². The number of hydrogen-bond donors (Lipinski definition) is 0. The third-order valence-electron chi connectivity index (χ3n) is 3.46. The lowest BCUT2D eigenvalue weighted by Crippen LogP contribution is -2.42. The Bertz CT molecular complexity index is 444. The van der Waals surface area contributed by atoms with E-state index in [4.69, 9.17) is 4.74 Å². The molecule has 1 fully saturated rings. The van der Waals surface area contributed by atoms with E-state index in [1.807, 2.05) is 30.3 Å². The molecule has 1 aromatic rings. The first-order chi connectivity index (χ1) is 9.16. The molecule has 1 amide bonds. The van der Waals surface area contributed by atoms with E-state index < -0.39 is 0 Å². The Labute approximate surface area is 113 Å². The van der Waals surface area contributed by atoms with Gasteiger partial charge in [-0.2, -0.15) is 0 Å². The van der Waals surface area contributed by atoms with Crippen LogP contribution in [0.15, 0.2) is 30.3 Å². The molecule has 0 N–H and O–H groups in total. The Hall–Kier alpha value is -1.84. The average molecular weight is 261 g/mol. The number of likely N-dealkylation sites (tertiary alicyclic amines) is 1. The van der Waals surface area contributed by atoms with Crippen LogP contribution in [-0.2, 0) is 16.1 Å². The van der Waals surface area contributed by atoms with Gasteiger partial charge in [0.25, 0.3) is 0 Å². The summed E-state index contributed by atoms with van der Waals surface area (Å²) in [5.41, 5.74) is 0.968. The molecule has 4 heteroatoms. The summed E-state index contributed by atoms with van der Waals surface area (Å²) in [5, 5.41) is 0. The van der Waals surface area contributed by atoms with E-state index >= 15 is 0 Å². The maximum Gasteiger partial charge on any atom is 0.410 e. The van der Waals surface area contributed by atoms with E-state index in [1.165, 1.54) is 0 Å². The molecule has 1 saturated heterocycles. The predicted octanol–water partition coefficient (Wildman–Crippen LogP) is 2.62. The van der Waals surface area contributed by atoms with Gasteiger partial charge in [0.1, 0.15) is 12.4 Å². The largest absolute Gasteiger partial charge is 0.445 e. The van der Waals surface area contributed by atoms with Gasteiger partial charge in [0.2, 0.25) is 0 Å².